The Morgan fingerprint density at radius 2 is 2.00 bits per heavy atom. The summed E-state index contributed by atoms with van der Waals surface area (Å²) in [6.45, 7) is 0. The Labute approximate surface area is 99.8 Å². The van der Waals surface area contributed by atoms with Gasteiger partial charge in [0.2, 0.25) is 5.95 Å². The third-order valence-electron chi connectivity index (χ3n) is 2.25. The van der Waals surface area contributed by atoms with Gasteiger partial charge in [0.1, 0.15) is 5.76 Å². The number of hydrogen-bond acceptors (Lipinski definition) is 4. The van der Waals surface area contributed by atoms with Gasteiger partial charge in [-0.25, -0.2) is 9.97 Å². The first-order chi connectivity index (χ1) is 8.29. The third kappa shape index (κ3) is 2.81. The molecule has 0 atom stereocenters. The van der Waals surface area contributed by atoms with E-state index in [0.717, 1.165) is 17.0 Å². The standard InChI is InChI=1S/C13H13N3O/c1-17-12(10-5-3-2-4-6-10)9-11-7-8-15-13(14)16-11/h2-9H,1H3,(H2,14,15,16)/b12-9+. The van der Waals surface area contributed by atoms with E-state index in [1.54, 1.807) is 19.4 Å². The van der Waals surface area contributed by atoms with Crippen LogP contribution in [0.3, 0.4) is 0 Å². The van der Waals surface area contributed by atoms with Crippen LogP contribution in [-0.2, 0) is 4.74 Å². The maximum absolute atomic E-state index is 5.52. The predicted molar refractivity (Wildman–Crippen MR) is 67.8 cm³/mol. The van der Waals surface area contributed by atoms with Crippen LogP contribution in [0.4, 0.5) is 5.95 Å². The van der Waals surface area contributed by atoms with Crippen LogP contribution in [0.1, 0.15) is 11.3 Å². The van der Waals surface area contributed by atoms with Gasteiger partial charge in [0.25, 0.3) is 0 Å². The molecule has 2 rings (SSSR count). The minimum atomic E-state index is 0.252. The van der Waals surface area contributed by atoms with Gasteiger partial charge in [-0.05, 0) is 6.07 Å². The molecule has 0 saturated carbocycles. The summed E-state index contributed by atoms with van der Waals surface area (Å²) >= 11 is 0. The summed E-state index contributed by atoms with van der Waals surface area (Å²) in [5.74, 6) is 0.992. The average Bonchev–Trinajstić information content (AvgIpc) is 2.37. The smallest absolute Gasteiger partial charge is 0.220 e. The van der Waals surface area contributed by atoms with Crippen molar-refractivity contribution in [3.8, 4) is 0 Å². The van der Waals surface area contributed by atoms with Crippen molar-refractivity contribution in [1.29, 1.82) is 0 Å². The number of nitrogens with two attached hydrogens (primary N) is 1. The van der Waals surface area contributed by atoms with E-state index < -0.39 is 0 Å². The molecule has 0 radical (unpaired) electrons. The van der Waals surface area contributed by atoms with Gasteiger partial charge in [-0.3, -0.25) is 0 Å². The molecule has 0 aliphatic heterocycles. The number of rotatable bonds is 3. The first-order valence-electron chi connectivity index (χ1n) is 5.19. The Morgan fingerprint density at radius 1 is 1.24 bits per heavy atom. The minimum Gasteiger partial charge on any atom is -0.496 e. The maximum atomic E-state index is 5.52. The van der Waals surface area contributed by atoms with Crippen LogP contribution in [0.2, 0.25) is 0 Å². The van der Waals surface area contributed by atoms with Crippen LogP contribution in [-0.4, -0.2) is 17.1 Å². The minimum absolute atomic E-state index is 0.252. The lowest BCUT2D eigenvalue weighted by Crippen LogP contribution is -1.95. The molecule has 0 aliphatic rings. The number of aromatic nitrogens is 2. The maximum Gasteiger partial charge on any atom is 0.220 e. The molecule has 0 aliphatic carbocycles. The zero-order chi connectivity index (χ0) is 12.1. The van der Waals surface area contributed by atoms with E-state index >= 15 is 0 Å². The fourth-order valence-corrected chi connectivity index (χ4v) is 1.47. The highest BCUT2D eigenvalue weighted by Gasteiger charge is 2.01. The molecule has 17 heavy (non-hydrogen) atoms. The van der Waals surface area contributed by atoms with Gasteiger partial charge < -0.3 is 10.5 Å². The molecule has 1 heterocycles. The molecule has 0 fully saturated rings. The molecule has 4 nitrogen and oxygen atoms in total. The van der Waals surface area contributed by atoms with E-state index in [-0.39, 0.29) is 5.95 Å². The lowest BCUT2D eigenvalue weighted by Gasteiger charge is -2.05. The molecule has 1 aromatic carbocycles. The van der Waals surface area contributed by atoms with E-state index in [0.29, 0.717) is 0 Å². The van der Waals surface area contributed by atoms with Crippen LogP contribution >= 0.6 is 0 Å². The van der Waals surface area contributed by atoms with Gasteiger partial charge in [0.05, 0.1) is 12.8 Å². The molecule has 2 aromatic rings. The number of hydrogen-bond donors (Lipinski definition) is 1. The van der Waals surface area contributed by atoms with Crippen LogP contribution in [0, 0.1) is 0 Å². The fraction of sp³-hybridized carbons (Fsp3) is 0.0769. The molecule has 2 N–H and O–H groups in total. The lowest BCUT2D eigenvalue weighted by atomic mass is 10.1. The molecule has 0 unspecified atom stereocenters. The second kappa shape index (κ2) is 5.12. The molecule has 1 aromatic heterocycles. The first-order valence-corrected chi connectivity index (χ1v) is 5.19. The van der Waals surface area contributed by atoms with Crippen LogP contribution in [0.25, 0.3) is 11.8 Å². The van der Waals surface area contributed by atoms with E-state index in [4.69, 9.17) is 10.5 Å². The molecular formula is C13H13N3O. The number of anilines is 1. The molecule has 0 spiro atoms. The van der Waals surface area contributed by atoms with Gasteiger partial charge >= 0.3 is 0 Å². The van der Waals surface area contributed by atoms with Gasteiger partial charge in [-0.1, -0.05) is 30.3 Å². The van der Waals surface area contributed by atoms with Crippen molar-refractivity contribution in [2.24, 2.45) is 0 Å². The summed E-state index contributed by atoms with van der Waals surface area (Å²) in [6.07, 6.45) is 3.44. The molecule has 0 bridgehead atoms. The Balaban J connectivity index is 2.36. The number of ether oxygens (including phenoxy) is 1. The topological polar surface area (TPSA) is 61.0 Å². The summed E-state index contributed by atoms with van der Waals surface area (Å²) in [6, 6.07) is 11.6. The summed E-state index contributed by atoms with van der Waals surface area (Å²) in [5.41, 5.74) is 7.24. The van der Waals surface area contributed by atoms with Crippen LogP contribution < -0.4 is 5.73 Å². The van der Waals surface area contributed by atoms with E-state index in [1.165, 1.54) is 0 Å². The van der Waals surface area contributed by atoms with Gasteiger partial charge in [0.15, 0.2) is 0 Å². The fourth-order valence-electron chi connectivity index (χ4n) is 1.47. The van der Waals surface area contributed by atoms with Crippen molar-refractivity contribution in [3.05, 3.63) is 53.9 Å². The Morgan fingerprint density at radius 3 is 2.65 bits per heavy atom. The highest BCUT2D eigenvalue weighted by Crippen LogP contribution is 2.17. The van der Waals surface area contributed by atoms with Crippen LogP contribution in [0.15, 0.2) is 42.6 Å². The number of benzene rings is 1. The summed E-state index contributed by atoms with van der Waals surface area (Å²) in [5, 5.41) is 0. The number of methoxy groups -OCH3 is 1. The van der Waals surface area contributed by atoms with Crippen molar-refractivity contribution >= 4 is 17.8 Å². The Bertz CT molecular complexity index is 523. The molecule has 0 amide bonds. The molecule has 86 valence electrons. The van der Waals surface area contributed by atoms with Crippen LogP contribution in [0.5, 0.6) is 0 Å². The molecular weight excluding hydrogens is 214 g/mol. The number of nitrogen functional groups attached to an aromatic ring is 1. The van der Waals surface area contributed by atoms with Crippen molar-refractivity contribution in [1.82, 2.24) is 9.97 Å². The molecule has 4 heteroatoms. The Hall–Kier alpha value is -2.36. The third-order valence-corrected chi connectivity index (χ3v) is 2.25. The zero-order valence-electron chi connectivity index (χ0n) is 9.50. The summed E-state index contributed by atoms with van der Waals surface area (Å²) in [4.78, 5) is 7.94. The second-order valence-corrected chi connectivity index (χ2v) is 3.42. The van der Waals surface area contributed by atoms with Gasteiger partial charge in [-0.15, -0.1) is 0 Å². The lowest BCUT2D eigenvalue weighted by molar-refractivity contribution is 0.372. The SMILES string of the molecule is CO/C(=C/c1ccnc(N)n1)c1ccccc1. The quantitative estimate of drug-likeness (QED) is 0.816. The van der Waals surface area contributed by atoms with Gasteiger partial charge in [-0.2, -0.15) is 0 Å². The first kappa shape index (κ1) is 11.1. The second-order valence-electron chi connectivity index (χ2n) is 3.42. The van der Waals surface area contributed by atoms with E-state index in [1.807, 2.05) is 36.4 Å². The number of nitrogens with zero attached hydrogens (tertiary/aromatic N) is 2. The highest BCUT2D eigenvalue weighted by molar-refractivity contribution is 5.76. The zero-order valence-corrected chi connectivity index (χ0v) is 9.50. The summed E-state index contributed by atoms with van der Waals surface area (Å²) < 4.78 is 5.34. The largest absolute Gasteiger partial charge is 0.496 e. The average molecular weight is 227 g/mol. The predicted octanol–water partition coefficient (Wildman–Crippen LogP) is 2.20. The van der Waals surface area contributed by atoms with Crippen molar-refractivity contribution in [2.75, 3.05) is 12.8 Å². The van der Waals surface area contributed by atoms with Gasteiger partial charge in [0, 0.05) is 17.8 Å². The summed E-state index contributed by atoms with van der Waals surface area (Å²) in [7, 11) is 1.63. The normalized spacial score (nSPS) is 11.2. The van der Waals surface area contributed by atoms with E-state index in [9.17, 15) is 0 Å². The van der Waals surface area contributed by atoms with Crippen molar-refractivity contribution in [3.63, 3.8) is 0 Å². The monoisotopic (exact) mass is 227 g/mol. The highest BCUT2D eigenvalue weighted by atomic mass is 16.5. The Kier molecular flexibility index (Phi) is 3.35. The van der Waals surface area contributed by atoms with E-state index in [2.05, 4.69) is 9.97 Å². The molecule has 0 saturated heterocycles. The van der Waals surface area contributed by atoms with Crippen molar-refractivity contribution < 1.29 is 4.74 Å². The van der Waals surface area contributed by atoms with Crippen molar-refractivity contribution in [2.45, 2.75) is 0 Å².